The van der Waals surface area contributed by atoms with Crippen LogP contribution in [-0.4, -0.2) is 78.7 Å². The Morgan fingerprint density at radius 1 is 1.27 bits per heavy atom. The summed E-state index contributed by atoms with van der Waals surface area (Å²) in [7, 11) is 0. The molecule has 2 fully saturated rings. The van der Waals surface area contributed by atoms with E-state index in [1.165, 1.54) is 12.8 Å². The van der Waals surface area contributed by atoms with Crippen LogP contribution < -0.4 is 10.6 Å². The van der Waals surface area contributed by atoms with Crippen LogP contribution in [0.15, 0.2) is 4.99 Å². The van der Waals surface area contributed by atoms with E-state index < -0.39 is 5.60 Å². The van der Waals surface area contributed by atoms with E-state index in [1.54, 1.807) is 4.90 Å². The molecular weight excluding hydrogens is 449 g/mol. The number of hydrogen-bond donors (Lipinski definition) is 2. The van der Waals surface area contributed by atoms with Gasteiger partial charge in [0.05, 0.1) is 19.1 Å². The summed E-state index contributed by atoms with van der Waals surface area (Å²) in [5.74, 6) is 1.44. The Balaban J connectivity index is 0.00000243. The average Bonchev–Trinajstić information content (AvgIpc) is 3.28. The molecule has 0 aromatic rings. The number of piperazine rings is 1. The standard InChI is InChI=1S/C17H29N5O3.HI/c1-17(2,3)25-16(24)21-6-7-22-13(11-21)9-19-15(22)20-10-14(23)18-8-12-4-5-12;/h12-13H,4-11H2,1-3H3,(H,18,23)(H,19,20);1H. The van der Waals surface area contributed by atoms with Gasteiger partial charge in [-0.3, -0.25) is 9.79 Å². The fourth-order valence-corrected chi connectivity index (χ4v) is 3.02. The average molecular weight is 479 g/mol. The van der Waals surface area contributed by atoms with Crippen LogP contribution in [-0.2, 0) is 9.53 Å². The normalized spacial score (nSPS) is 22.1. The molecule has 3 aliphatic rings. The van der Waals surface area contributed by atoms with Gasteiger partial charge in [-0.1, -0.05) is 0 Å². The molecule has 8 nitrogen and oxygen atoms in total. The lowest BCUT2D eigenvalue weighted by Crippen LogP contribution is -2.58. The number of nitrogens with zero attached hydrogens (tertiary/aromatic N) is 3. The molecule has 0 bridgehead atoms. The first-order valence-electron chi connectivity index (χ1n) is 9.11. The van der Waals surface area contributed by atoms with Gasteiger partial charge in [-0.05, 0) is 39.5 Å². The van der Waals surface area contributed by atoms with Crippen LogP contribution in [0.1, 0.15) is 33.6 Å². The Labute approximate surface area is 172 Å². The van der Waals surface area contributed by atoms with Gasteiger partial charge in [0, 0.05) is 26.2 Å². The van der Waals surface area contributed by atoms with E-state index in [0.29, 0.717) is 32.1 Å². The van der Waals surface area contributed by atoms with Gasteiger partial charge in [0.15, 0.2) is 5.96 Å². The van der Waals surface area contributed by atoms with Crippen LogP contribution in [0.3, 0.4) is 0 Å². The van der Waals surface area contributed by atoms with Crippen molar-refractivity contribution in [1.82, 2.24) is 20.4 Å². The first-order chi connectivity index (χ1) is 11.8. The number of carbonyl (C=O) groups excluding carboxylic acids is 2. The van der Waals surface area contributed by atoms with Crippen LogP contribution in [0.4, 0.5) is 4.79 Å². The molecule has 0 radical (unpaired) electrons. The monoisotopic (exact) mass is 479 g/mol. The number of halogens is 1. The van der Waals surface area contributed by atoms with Gasteiger partial charge in [-0.2, -0.15) is 0 Å². The van der Waals surface area contributed by atoms with E-state index >= 15 is 0 Å². The summed E-state index contributed by atoms with van der Waals surface area (Å²) in [5, 5.41) is 6.08. The van der Waals surface area contributed by atoms with Gasteiger partial charge in [-0.25, -0.2) is 4.79 Å². The molecule has 148 valence electrons. The fourth-order valence-electron chi connectivity index (χ4n) is 3.02. The smallest absolute Gasteiger partial charge is 0.410 e. The number of ether oxygens (including phenoxy) is 1. The second-order valence-electron chi connectivity index (χ2n) is 8.04. The minimum absolute atomic E-state index is 0. The second-order valence-corrected chi connectivity index (χ2v) is 8.04. The maximum atomic E-state index is 12.2. The zero-order chi connectivity index (χ0) is 18.0. The van der Waals surface area contributed by atoms with E-state index in [2.05, 4.69) is 20.5 Å². The first-order valence-corrected chi connectivity index (χ1v) is 9.11. The zero-order valence-corrected chi connectivity index (χ0v) is 18.1. The van der Waals surface area contributed by atoms with Crippen molar-refractivity contribution in [3.05, 3.63) is 0 Å². The molecule has 2 N–H and O–H groups in total. The van der Waals surface area contributed by atoms with Crippen molar-refractivity contribution >= 4 is 41.9 Å². The van der Waals surface area contributed by atoms with Crippen LogP contribution in [0.5, 0.6) is 0 Å². The predicted molar refractivity (Wildman–Crippen MR) is 110 cm³/mol. The van der Waals surface area contributed by atoms with E-state index in [-0.39, 0.29) is 48.6 Å². The highest BCUT2D eigenvalue weighted by molar-refractivity contribution is 14.0. The zero-order valence-electron chi connectivity index (χ0n) is 15.8. The lowest BCUT2D eigenvalue weighted by atomic mass is 10.2. The van der Waals surface area contributed by atoms with Crippen molar-refractivity contribution < 1.29 is 14.3 Å². The molecule has 0 spiro atoms. The predicted octanol–water partition coefficient (Wildman–Crippen LogP) is 1.01. The van der Waals surface area contributed by atoms with Gasteiger partial charge in [-0.15, -0.1) is 24.0 Å². The van der Waals surface area contributed by atoms with Gasteiger partial charge >= 0.3 is 6.09 Å². The minimum Gasteiger partial charge on any atom is -0.444 e. The summed E-state index contributed by atoms with van der Waals surface area (Å²) >= 11 is 0. The molecule has 2 heterocycles. The first kappa shape index (κ1) is 21.0. The molecule has 1 saturated heterocycles. The summed E-state index contributed by atoms with van der Waals surface area (Å²) in [4.78, 5) is 32.5. The Morgan fingerprint density at radius 3 is 2.65 bits per heavy atom. The fraction of sp³-hybridized carbons (Fsp3) is 0.824. The Morgan fingerprint density at radius 2 is 2.00 bits per heavy atom. The van der Waals surface area contributed by atoms with Crippen molar-refractivity contribution in [3.8, 4) is 0 Å². The van der Waals surface area contributed by atoms with Crippen LogP contribution >= 0.6 is 24.0 Å². The highest BCUT2D eigenvalue weighted by Gasteiger charge is 2.36. The molecule has 0 aromatic heterocycles. The van der Waals surface area contributed by atoms with E-state index in [0.717, 1.165) is 12.5 Å². The third-order valence-corrected chi connectivity index (χ3v) is 4.55. The molecule has 2 amide bonds. The SMILES string of the molecule is CC(C)(C)OC(=O)N1CCN2C(NCC(=O)NCC3CC3)=NCC2C1.I. The molecule has 0 aromatic carbocycles. The van der Waals surface area contributed by atoms with Crippen molar-refractivity contribution in [1.29, 1.82) is 0 Å². The molecule has 1 aliphatic carbocycles. The van der Waals surface area contributed by atoms with Crippen LogP contribution in [0, 0.1) is 5.92 Å². The Hall–Kier alpha value is -1.26. The molecule has 3 rings (SSSR count). The molecule has 1 atom stereocenters. The summed E-state index contributed by atoms with van der Waals surface area (Å²) < 4.78 is 5.45. The lowest BCUT2D eigenvalue weighted by Gasteiger charge is -2.39. The number of nitrogens with one attached hydrogen (secondary N) is 2. The van der Waals surface area contributed by atoms with Crippen molar-refractivity contribution in [2.75, 3.05) is 39.3 Å². The minimum atomic E-state index is -0.485. The maximum absolute atomic E-state index is 12.2. The van der Waals surface area contributed by atoms with Gasteiger partial charge in [0.25, 0.3) is 0 Å². The summed E-state index contributed by atoms with van der Waals surface area (Å²) in [6.07, 6.45) is 2.18. The van der Waals surface area contributed by atoms with E-state index in [4.69, 9.17) is 4.74 Å². The van der Waals surface area contributed by atoms with Gasteiger partial charge in [0.2, 0.25) is 5.91 Å². The van der Waals surface area contributed by atoms with E-state index in [9.17, 15) is 9.59 Å². The molecule has 1 unspecified atom stereocenters. The highest BCUT2D eigenvalue weighted by Crippen LogP contribution is 2.27. The van der Waals surface area contributed by atoms with Crippen LogP contribution in [0.2, 0.25) is 0 Å². The molecule has 9 heteroatoms. The van der Waals surface area contributed by atoms with Gasteiger partial charge in [0.1, 0.15) is 5.60 Å². The van der Waals surface area contributed by atoms with Crippen LogP contribution in [0.25, 0.3) is 0 Å². The molecule has 1 saturated carbocycles. The Bertz CT molecular complexity index is 559. The number of rotatable bonds is 4. The molecular formula is C17H30IN5O3. The Kier molecular flexibility index (Phi) is 6.98. The maximum Gasteiger partial charge on any atom is 0.410 e. The van der Waals surface area contributed by atoms with Crippen molar-refractivity contribution in [3.63, 3.8) is 0 Å². The highest BCUT2D eigenvalue weighted by atomic mass is 127. The summed E-state index contributed by atoms with van der Waals surface area (Å²) in [5.41, 5.74) is -0.485. The largest absolute Gasteiger partial charge is 0.444 e. The quantitative estimate of drug-likeness (QED) is 0.589. The number of aliphatic imine (C=N–C) groups is 1. The number of fused-ring (bicyclic) bond motifs is 1. The summed E-state index contributed by atoms with van der Waals surface area (Å²) in [6.45, 7) is 9.15. The van der Waals surface area contributed by atoms with Gasteiger partial charge < -0.3 is 25.2 Å². The topological polar surface area (TPSA) is 86.3 Å². The lowest BCUT2D eigenvalue weighted by molar-refractivity contribution is -0.120. The summed E-state index contributed by atoms with van der Waals surface area (Å²) in [6, 6.07) is 0.151. The van der Waals surface area contributed by atoms with E-state index in [1.807, 2.05) is 20.8 Å². The molecule has 2 aliphatic heterocycles. The number of guanidine groups is 1. The second kappa shape index (κ2) is 8.62. The third-order valence-electron chi connectivity index (χ3n) is 4.55. The van der Waals surface area contributed by atoms with Crippen molar-refractivity contribution in [2.24, 2.45) is 10.9 Å². The molecule has 26 heavy (non-hydrogen) atoms. The number of hydrogen-bond acceptors (Lipinski definition) is 6. The number of amides is 2. The van der Waals surface area contributed by atoms with Crippen molar-refractivity contribution in [2.45, 2.75) is 45.3 Å². The third kappa shape index (κ3) is 5.88. The number of carbonyl (C=O) groups is 2.